The molecule has 1 saturated heterocycles. The summed E-state index contributed by atoms with van der Waals surface area (Å²) in [6, 6.07) is 0.281. The second-order valence-electron chi connectivity index (χ2n) is 9.26. The molecule has 5 atom stereocenters. The highest BCUT2D eigenvalue weighted by atomic mass is 16.3. The van der Waals surface area contributed by atoms with Crippen LogP contribution < -0.4 is 5.32 Å². The molecule has 6 aliphatic rings. The van der Waals surface area contributed by atoms with E-state index in [1.807, 2.05) is 4.90 Å². The Balaban J connectivity index is 1.42. The number of fused-ring (bicyclic) bond motifs is 1. The van der Waals surface area contributed by atoms with E-state index in [0.29, 0.717) is 36.2 Å². The molecule has 5 nitrogen and oxygen atoms in total. The summed E-state index contributed by atoms with van der Waals surface area (Å²) in [4.78, 5) is 26.0. The van der Waals surface area contributed by atoms with Gasteiger partial charge in [-0.05, 0) is 69.1 Å². The van der Waals surface area contributed by atoms with Crippen LogP contribution in [0, 0.1) is 23.2 Å². The van der Waals surface area contributed by atoms with E-state index >= 15 is 0 Å². The molecule has 5 aliphatic carbocycles. The molecule has 4 bridgehead atoms. The van der Waals surface area contributed by atoms with Gasteiger partial charge >= 0.3 is 0 Å². The summed E-state index contributed by atoms with van der Waals surface area (Å²) in [6.45, 7) is 4.25. The Morgan fingerprint density at radius 3 is 2.50 bits per heavy atom. The normalized spacial score (nSPS) is 50.5. The van der Waals surface area contributed by atoms with Crippen molar-refractivity contribution in [2.75, 3.05) is 0 Å². The van der Waals surface area contributed by atoms with Crippen molar-refractivity contribution in [1.29, 1.82) is 0 Å². The fourth-order valence-corrected chi connectivity index (χ4v) is 6.93. The summed E-state index contributed by atoms with van der Waals surface area (Å²) in [5.41, 5.74) is -0.101. The molecule has 5 saturated carbocycles. The van der Waals surface area contributed by atoms with E-state index in [2.05, 4.69) is 11.9 Å². The molecule has 1 heterocycles. The Morgan fingerprint density at radius 1 is 1.17 bits per heavy atom. The summed E-state index contributed by atoms with van der Waals surface area (Å²) in [6.07, 6.45) is 8.16. The van der Waals surface area contributed by atoms with Crippen LogP contribution in [-0.2, 0) is 9.59 Å². The third-order valence-corrected chi connectivity index (χ3v) is 7.53. The molecule has 0 aromatic rings. The van der Waals surface area contributed by atoms with Crippen molar-refractivity contribution in [1.82, 2.24) is 10.2 Å². The highest BCUT2D eigenvalue weighted by Crippen LogP contribution is 2.64. The van der Waals surface area contributed by atoms with Crippen LogP contribution in [0.25, 0.3) is 0 Å². The number of amides is 2. The minimum atomic E-state index is -0.582. The van der Waals surface area contributed by atoms with Crippen LogP contribution >= 0.6 is 0 Å². The lowest BCUT2D eigenvalue weighted by Crippen LogP contribution is -2.58. The third-order valence-electron chi connectivity index (χ3n) is 7.53. The van der Waals surface area contributed by atoms with E-state index in [9.17, 15) is 14.7 Å². The fraction of sp³-hybridized carbons (Fsp3) is 0.789. The minimum absolute atomic E-state index is 0.0184. The number of carbonyl (C=O) groups is 2. The molecule has 5 unspecified atom stereocenters. The fourth-order valence-electron chi connectivity index (χ4n) is 6.93. The van der Waals surface area contributed by atoms with Crippen LogP contribution in [0.5, 0.6) is 0 Å². The van der Waals surface area contributed by atoms with Gasteiger partial charge in [0, 0.05) is 17.0 Å². The molecule has 0 aromatic carbocycles. The summed E-state index contributed by atoms with van der Waals surface area (Å²) < 4.78 is 0. The van der Waals surface area contributed by atoms with E-state index in [1.165, 1.54) is 6.42 Å². The van der Waals surface area contributed by atoms with Gasteiger partial charge in [-0.2, -0.15) is 0 Å². The Hall–Kier alpha value is -1.36. The first-order chi connectivity index (χ1) is 11.4. The van der Waals surface area contributed by atoms with E-state index in [-0.39, 0.29) is 23.5 Å². The number of nitrogens with zero attached hydrogens (tertiary/aromatic N) is 1. The van der Waals surface area contributed by atoms with Crippen molar-refractivity contribution in [3.05, 3.63) is 12.2 Å². The SMILES string of the molecule is C=C(C(=O)N1C(NC=O)CC2CC21)C12CC3CC(CC(O)(C3)C1)C2. The highest BCUT2D eigenvalue weighted by Gasteiger charge is 2.61. The lowest BCUT2D eigenvalue weighted by molar-refractivity contribution is -0.157. The van der Waals surface area contributed by atoms with Gasteiger partial charge in [0.05, 0.1) is 5.60 Å². The number of nitrogens with one attached hydrogen (secondary N) is 1. The zero-order valence-corrected chi connectivity index (χ0v) is 14.0. The minimum Gasteiger partial charge on any atom is -0.390 e. The van der Waals surface area contributed by atoms with Gasteiger partial charge in [0.2, 0.25) is 6.41 Å². The average Bonchev–Trinajstić information content (AvgIpc) is 3.15. The molecule has 0 spiro atoms. The molecule has 1 aliphatic heterocycles. The smallest absolute Gasteiger partial charge is 0.251 e. The number of piperidine rings is 1. The van der Waals surface area contributed by atoms with Gasteiger partial charge in [-0.1, -0.05) is 6.58 Å². The van der Waals surface area contributed by atoms with Crippen molar-refractivity contribution in [2.45, 2.75) is 69.2 Å². The summed E-state index contributed by atoms with van der Waals surface area (Å²) >= 11 is 0. The number of rotatable bonds is 4. The van der Waals surface area contributed by atoms with Crippen molar-refractivity contribution in [3.8, 4) is 0 Å². The lowest BCUT2D eigenvalue weighted by atomic mass is 9.46. The molecule has 2 N–H and O–H groups in total. The molecular weight excluding hydrogens is 304 g/mol. The standard InChI is InChI=1S/C19H26N2O3/c1-11(17(23)21-15-3-14(15)4-16(21)20-10-22)18-5-12-2-13(6-18)8-19(24,7-12)9-18/h10,12-16,24H,1-9H2,(H,20,22). The van der Waals surface area contributed by atoms with Crippen LogP contribution in [0.3, 0.4) is 0 Å². The maximum absolute atomic E-state index is 13.3. The number of likely N-dealkylation sites (tertiary alicyclic amines) is 1. The maximum atomic E-state index is 13.3. The van der Waals surface area contributed by atoms with E-state index in [1.54, 1.807) is 0 Å². The van der Waals surface area contributed by atoms with Crippen molar-refractivity contribution in [2.24, 2.45) is 23.2 Å². The molecule has 5 heteroatoms. The zero-order chi connectivity index (χ0) is 16.7. The van der Waals surface area contributed by atoms with Crippen LogP contribution in [0.1, 0.15) is 51.4 Å². The summed E-state index contributed by atoms with van der Waals surface area (Å²) in [7, 11) is 0. The number of hydrogen-bond donors (Lipinski definition) is 2. The molecule has 130 valence electrons. The van der Waals surface area contributed by atoms with Gasteiger partial charge < -0.3 is 15.3 Å². The molecule has 0 aromatic heterocycles. The van der Waals surface area contributed by atoms with Crippen LogP contribution in [0.4, 0.5) is 0 Å². The predicted octanol–water partition coefficient (Wildman–Crippen LogP) is 1.57. The first kappa shape index (κ1) is 14.9. The van der Waals surface area contributed by atoms with Gasteiger partial charge in [-0.25, -0.2) is 0 Å². The lowest BCUT2D eigenvalue weighted by Gasteiger charge is -2.60. The Bertz CT molecular complexity index is 616. The quantitative estimate of drug-likeness (QED) is 0.607. The van der Waals surface area contributed by atoms with Gasteiger partial charge in [0.25, 0.3) is 5.91 Å². The molecular formula is C19H26N2O3. The number of aliphatic hydroxyl groups is 1. The van der Waals surface area contributed by atoms with Gasteiger partial charge in [0.15, 0.2) is 0 Å². The largest absolute Gasteiger partial charge is 0.390 e. The zero-order valence-electron chi connectivity index (χ0n) is 14.0. The Labute approximate surface area is 142 Å². The molecule has 0 radical (unpaired) electrons. The first-order valence-electron chi connectivity index (χ1n) is 9.37. The molecule has 6 fully saturated rings. The van der Waals surface area contributed by atoms with Crippen molar-refractivity contribution < 1.29 is 14.7 Å². The second-order valence-corrected chi connectivity index (χ2v) is 9.26. The molecule has 2 amide bonds. The first-order valence-corrected chi connectivity index (χ1v) is 9.37. The number of carbonyl (C=O) groups excluding carboxylic acids is 2. The summed E-state index contributed by atoms with van der Waals surface area (Å²) in [5.74, 6) is 1.64. The second kappa shape index (κ2) is 4.63. The van der Waals surface area contributed by atoms with Crippen LogP contribution in [0.2, 0.25) is 0 Å². The van der Waals surface area contributed by atoms with Crippen molar-refractivity contribution >= 4 is 12.3 Å². The third kappa shape index (κ3) is 1.97. The van der Waals surface area contributed by atoms with Gasteiger partial charge in [-0.15, -0.1) is 0 Å². The topological polar surface area (TPSA) is 69.6 Å². The van der Waals surface area contributed by atoms with Gasteiger partial charge in [0.1, 0.15) is 6.17 Å². The van der Waals surface area contributed by atoms with Crippen LogP contribution in [0.15, 0.2) is 12.2 Å². The molecule has 6 rings (SSSR count). The number of hydrogen-bond acceptors (Lipinski definition) is 3. The van der Waals surface area contributed by atoms with Crippen molar-refractivity contribution in [3.63, 3.8) is 0 Å². The van der Waals surface area contributed by atoms with E-state index in [4.69, 9.17) is 0 Å². The van der Waals surface area contributed by atoms with Crippen LogP contribution in [-0.4, -0.2) is 40.1 Å². The Kier molecular flexibility index (Phi) is 2.88. The molecule has 24 heavy (non-hydrogen) atoms. The monoisotopic (exact) mass is 330 g/mol. The van der Waals surface area contributed by atoms with E-state index < -0.39 is 5.60 Å². The predicted molar refractivity (Wildman–Crippen MR) is 87.6 cm³/mol. The maximum Gasteiger partial charge on any atom is 0.251 e. The highest BCUT2D eigenvalue weighted by molar-refractivity contribution is 5.95. The van der Waals surface area contributed by atoms with E-state index in [0.717, 1.165) is 38.5 Å². The Morgan fingerprint density at radius 2 is 1.88 bits per heavy atom. The van der Waals surface area contributed by atoms with Gasteiger partial charge in [-0.3, -0.25) is 9.59 Å². The average molecular weight is 330 g/mol. The summed E-state index contributed by atoms with van der Waals surface area (Å²) in [5, 5.41) is 13.7.